The highest BCUT2D eigenvalue weighted by molar-refractivity contribution is 9.10. The number of hydrogen-bond acceptors (Lipinski definition) is 4. The molecule has 0 atom stereocenters. The first kappa shape index (κ1) is 18.1. The topological polar surface area (TPSA) is 87.8 Å². The van der Waals surface area contributed by atoms with Crippen LogP contribution in [0.15, 0.2) is 57.9 Å². The third kappa shape index (κ3) is 3.76. The van der Waals surface area contributed by atoms with Gasteiger partial charge in [-0.15, -0.1) is 0 Å². The van der Waals surface area contributed by atoms with E-state index < -0.39 is 15.8 Å². The second kappa shape index (κ2) is 6.90. The summed E-state index contributed by atoms with van der Waals surface area (Å²) in [6.45, 7) is 1.71. The summed E-state index contributed by atoms with van der Waals surface area (Å²) in [6, 6.07) is 13.2. The Morgan fingerprint density at radius 3 is 2.54 bits per heavy atom. The van der Waals surface area contributed by atoms with Gasteiger partial charge in [-0.1, -0.05) is 15.9 Å². The molecule has 0 saturated heterocycles. The zero-order valence-electron chi connectivity index (χ0n) is 13.4. The van der Waals surface area contributed by atoms with Gasteiger partial charge in [-0.2, -0.15) is 10.4 Å². The number of halogens is 2. The molecule has 0 amide bonds. The Morgan fingerprint density at radius 1 is 1.19 bits per heavy atom. The molecule has 3 aromatic rings. The van der Waals surface area contributed by atoms with Crippen LogP contribution in [0.5, 0.6) is 0 Å². The summed E-state index contributed by atoms with van der Waals surface area (Å²) in [4.78, 5) is -0.0621. The van der Waals surface area contributed by atoms with Gasteiger partial charge in [0, 0.05) is 10.5 Å². The van der Waals surface area contributed by atoms with E-state index in [4.69, 9.17) is 5.26 Å². The highest BCUT2D eigenvalue weighted by Gasteiger charge is 2.19. The first-order chi connectivity index (χ1) is 12.3. The van der Waals surface area contributed by atoms with Crippen LogP contribution < -0.4 is 4.72 Å². The fourth-order valence-electron chi connectivity index (χ4n) is 2.33. The van der Waals surface area contributed by atoms with Crippen LogP contribution in [0.2, 0.25) is 0 Å². The summed E-state index contributed by atoms with van der Waals surface area (Å²) in [5.41, 5.74) is 1.30. The van der Waals surface area contributed by atoms with E-state index >= 15 is 0 Å². The van der Waals surface area contributed by atoms with Crippen LogP contribution in [0, 0.1) is 24.1 Å². The van der Waals surface area contributed by atoms with Crippen molar-refractivity contribution < 1.29 is 12.8 Å². The van der Waals surface area contributed by atoms with Crippen molar-refractivity contribution in [1.82, 2.24) is 9.78 Å². The third-order valence-corrected chi connectivity index (χ3v) is 5.24. The number of aryl methyl sites for hydroxylation is 1. The Kier molecular flexibility index (Phi) is 4.80. The molecule has 9 heteroatoms. The molecule has 0 aliphatic heterocycles. The van der Waals surface area contributed by atoms with Crippen molar-refractivity contribution >= 4 is 31.8 Å². The van der Waals surface area contributed by atoms with Crippen LogP contribution in [0.3, 0.4) is 0 Å². The number of nitriles is 1. The van der Waals surface area contributed by atoms with Gasteiger partial charge in [0.1, 0.15) is 11.6 Å². The van der Waals surface area contributed by atoms with Gasteiger partial charge in [-0.05, 0) is 49.4 Å². The summed E-state index contributed by atoms with van der Waals surface area (Å²) in [5.74, 6) is -0.203. The number of hydrogen-bond donors (Lipinski definition) is 1. The fraction of sp³-hybridized carbons (Fsp3) is 0.0588. The Labute approximate surface area is 158 Å². The highest BCUT2D eigenvalue weighted by atomic mass is 79.9. The lowest BCUT2D eigenvalue weighted by molar-refractivity contribution is 0.600. The van der Waals surface area contributed by atoms with Gasteiger partial charge in [-0.25, -0.2) is 17.5 Å². The lowest BCUT2D eigenvalue weighted by atomic mass is 10.2. The molecular weight excluding hydrogens is 423 g/mol. The van der Waals surface area contributed by atoms with Crippen molar-refractivity contribution in [2.24, 2.45) is 0 Å². The predicted molar refractivity (Wildman–Crippen MR) is 97.9 cm³/mol. The maximum Gasteiger partial charge on any atom is 0.263 e. The molecule has 1 aromatic heterocycles. The van der Waals surface area contributed by atoms with Crippen LogP contribution in [-0.2, 0) is 10.0 Å². The second-order valence-corrected chi connectivity index (χ2v) is 8.05. The van der Waals surface area contributed by atoms with Gasteiger partial charge in [0.05, 0.1) is 27.9 Å². The molecule has 6 nitrogen and oxygen atoms in total. The van der Waals surface area contributed by atoms with Crippen LogP contribution in [-0.4, -0.2) is 18.2 Å². The molecule has 0 aliphatic rings. The minimum Gasteiger partial charge on any atom is -0.263 e. The Hall–Kier alpha value is -2.70. The van der Waals surface area contributed by atoms with Crippen molar-refractivity contribution in [3.05, 3.63) is 70.1 Å². The van der Waals surface area contributed by atoms with E-state index in [2.05, 4.69) is 25.8 Å². The first-order valence-electron chi connectivity index (χ1n) is 7.34. The number of rotatable bonds is 4. The van der Waals surface area contributed by atoms with Gasteiger partial charge < -0.3 is 0 Å². The van der Waals surface area contributed by atoms with E-state index in [1.165, 1.54) is 47.1 Å². The molecule has 0 aliphatic carbocycles. The maximum atomic E-state index is 13.1. The molecule has 0 bridgehead atoms. The largest absolute Gasteiger partial charge is 0.263 e. The molecule has 0 spiro atoms. The molecule has 0 unspecified atom stereocenters. The molecule has 132 valence electrons. The Bertz CT molecular complexity index is 1120. The molecule has 26 heavy (non-hydrogen) atoms. The van der Waals surface area contributed by atoms with Crippen molar-refractivity contribution in [1.29, 1.82) is 5.26 Å². The lowest BCUT2D eigenvalue weighted by Crippen LogP contribution is -2.16. The number of nitrogens with zero attached hydrogens (tertiary/aromatic N) is 3. The molecular formula is C17H12BrFN4O2S. The van der Waals surface area contributed by atoms with E-state index in [-0.39, 0.29) is 16.3 Å². The Morgan fingerprint density at radius 2 is 1.88 bits per heavy atom. The van der Waals surface area contributed by atoms with Gasteiger partial charge in [0.15, 0.2) is 0 Å². The van der Waals surface area contributed by atoms with E-state index in [0.29, 0.717) is 15.9 Å². The number of sulfonamides is 1. The van der Waals surface area contributed by atoms with Crippen molar-refractivity contribution in [3.8, 4) is 11.8 Å². The number of nitrogens with one attached hydrogen (secondary N) is 1. The lowest BCUT2D eigenvalue weighted by Gasteiger charge is -2.11. The minimum absolute atomic E-state index is 0.0621. The highest BCUT2D eigenvalue weighted by Crippen LogP contribution is 2.24. The predicted octanol–water partition coefficient (Wildman–Crippen LogP) is 3.75. The van der Waals surface area contributed by atoms with Gasteiger partial charge in [0.2, 0.25) is 0 Å². The van der Waals surface area contributed by atoms with Crippen molar-refractivity contribution in [2.45, 2.75) is 11.8 Å². The smallest absolute Gasteiger partial charge is 0.263 e. The molecule has 1 heterocycles. The third-order valence-electron chi connectivity index (χ3n) is 3.45. The zero-order valence-corrected chi connectivity index (χ0v) is 15.8. The molecule has 0 radical (unpaired) electrons. The van der Waals surface area contributed by atoms with Crippen molar-refractivity contribution in [2.75, 3.05) is 4.72 Å². The zero-order chi connectivity index (χ0) is 18.9. The summed E-state index contributed by atoms with van der Waals surface area (Å²) in [6.07, 6.45) is 0. The van der Waals surface area contributed by atoms with Crippen molar-refractivity contribution in [3.63, 3.8) is 0 Å². The Balaban J connectivity index is 2.03. The summed E-state index contributed by atoms with van der Waals surface area (Å²) in [5, 5.41) is 13.3. The SMILES string of the molecule is Cc1cc(NS(=O)(=O)c2cc(Br)cc(C#N)c2)n(-c2ccc(F)cc2)n1. The van der Waals surface area contributed by atoms with Crippen LogP contribution in [0.4, 0.5) is 10.2 Å². The molecule has 1 N–H and O–H groups in total. The number of aromatic nitrogens is 2. The molecule has 2 aromatic carbocycles. The summed E-state index contributed by atoms with van der Waals surface area (Å²) >= 11 is 3.20. The first-order valence-corrected chi connectivity index (χ1v) is 9.62. The number of benzene rings is 2. The summed E-state index contributed by atoms with van der Waals surface area (Å²) in [7, 11) is -3.96. The van der Waals surface area contributed by atoms with Crippen LogP contribution in [0.1, 0.15) is 11.3 Å². The summed E-state index contributed by atoms with van der Waals surface area (Å²) < 4.78 is 42.9. The standard InChI is InChI=1S/C17H12BrFN4O2S/c1-11-6-17(23(21-11)15-4-2-14(19)3-5-15)22-26(24,25)16-8-12(10-20)7-13(18)9-16/h2-9,22H,1H3. The van der Waals surface area contributed by atoms with Gasteiger partial charge in [0.25, 0.3) is 10.0 Å². The minimum atomic E-state index is -3.96. The van der Waals surface area contributed by atoms with E-state index in [0.717, 1.165) is 0 Å². The molecule has 0 fully saturated rings. The number of anilines is 1. The quantitative estimate of drug-likeness (QED) is 0.676. The van der Waals surface area contributed by atoms with E-state index in [9.17, 15) is 12.8 Å². The monoisotopic (exact) mass is 434 g/mol. The maximum absolute atomic E-state index is 13.1. The van der Waals surface area contributed by atoms with Gasteiger partial charge in [-0.3, -0.25) is 4.72 Å². The molecule has 3 rings (SSSR count). The average molecular weight is 435 g/mol. The molecule has 0 saturated carbocycles. The van der Waals surface area contributed by atoms with E-state index in [1.54, 1.807) is 13.0 Å². The van der Waals surface area contributed by atoms with E-state index in [1.807, 2.05) is 6.07 Å². The van der Waals surface area contributed by atoms with Crippen LogP contribution in [0.25, 0.3) is 5.69 Å². The van der Waals surface area contributed by atoms with Gasteiger partial charge >= 0.3 is 0 Å². The second-order valence-electron chi connectivity index (χ2n) is 5.45. The van der Waals surface area contributed by atoms with Crippen LogP contribution >= 0.6 is 15.9 Å². The normalized spacial score (nSPS) is 11.2. The average Bonchev–Trinajstić information content (AvgIpc) is 2.94. The fourth-order valence-corrected chi connectivity index (χ4v) is 4.08.